The number of ketones is 1. The molecule has 17 heavy (non-hydrogen) atoms. The van der Waals surface area contributed by atoms with Crippen molar-refractivity contribution in [3.8, 4) is 5.75 Å². The fourth-order valence-corrected chi connectivity index (χ4v) is 2.22. The van der Waals surface area contributed by atoms with Gasteiger partial charge in [-0.1, -0.05) is 33.3 Å². The fraction of sp³-hybridized carbons (Fsp3) is 0.533. The molecule has 0 spiro atoms. The summed E-state index contributed by atoms with van der Waals surface area (Å²) in [4.78, 5) is 12.1. The Bertz CT molecular complexity index is 423. The van der Waals surface area contributed by atoms with Crippen LogP contribution in [0.25, 0.3) is 0 Å². The molecule has 92 valence electrons. The van der Waals surface area contributed by atoms with Gasteiger partial charge in [0.05, 0.1) is 5.56 Å². The Labute approximate surface area is 103 Å². The molecular weight excluding hydrogens is 212 g/mol. The summed E-state index contributed by atoms with van der Waals surface area (Å²) >= 11 is 0. The van der Waals surface area contributed by atoms with E-state index in [1.807, 2.05) is 12.1 Å². The van der Waals surface area contributed by atoms with Crippen molar-refractivity contribution < 1.29 is 9.53 Å². The number of carbonyl (C=O) groups excluding carboxylic acids is 1. The van der Waals surface area contributed by atoms with Crippen molar-refractivity contribution in [2.24, 2.45) is 0 Å². The van der Waals surface area contributed by atoms with E-state index >= 15 is 0 Å². The molecule has 1 aromatic rings. The highest BCUT2D eigenvalue weighted by atomic mass is 16.5. The summed E-state index contributed by atoms with van der Waals surface area (Å²) in [7, 11) is 0. The van der Waals surface area contributed by atoms with Crippen molar-refractivity contribution in [1.29, 1.82) is 0 Å². The molecule has 0 aliphatic carbocycles. The monoisotopic (exact) mass is 232 g/mol. The molecule has 2 rings (SSSR count). The van der Waals surface area contributed by atoms with Crippen LogP contribution in [-0.2, 0) is 0 Å². The molecule has 2 unspecified atom stereocenters. The van der Waals surface area contributed by atoms with Gasteiger partial charge < -0.3 is 4.74 Å². The van der Waals surface area contributed by atoms with Crippen molar-refractivity contribution in [2.75, 3.05) is 0 Å². The number of carbonyl (C=O) groups is 1. The first kappa shape index (κ1) is 12.2. The molecule has 2 atom stereocenters. The lowest BCUT2D eigenvalue weighted by Crippen LogP contribution is -2.19. The van der Waals surface area contributed by atoms with E-state index in [1.54, 1.807) is 0 Å². The minimum absolute atomic E-state index is 0.159. The van der Waals surface area contributed by atoms with Crippen LogP contribution < -0.4 is 4.74 Å². The quantitative estimate of drug-likeness (QED) is 0.785. The zero-order chi connectivity index (χ0) is 12.4. The van der Waals surface area contributed by atoms with Crippen molar-refractivity contribution in [3.63, 3.8) is 0 Å². The van der Waals surface area contributed by atoms with Gasteiger partial charge in [-0.3, -0.25) is 4.79 Å². The van der Waals surface area contributed by atoms with E-state index in [-0.39, 0.29) is 11.9 Å². The van der Waals surface area contributed by atoms with Gasteiger partial charge in [0.2, 0.25) is 5.78 Å². The molecule has 2 heteroatoms. The minimum Gasteiger partial charge on any atom is -0.482 e. The molecule has 0 N–H and O–H groups in total. The van der Waals surface area contributed by atoms with Crippen LogP contribution in [0.2, 0.25) is 0 Å². The summed E-state index contributed by atoms with van der Waals surface area (Å²) in [5, 5.41) is 0. The Morgan fingerprint density at radius 3 is 2.76 bits per heavy atom. The van der Waals surface area contributed by atoms with Crippen LogP contribution in [0.15, 0.2) is 18.2 Å². The van der Waals surface area contributed by atoms with Crippen molar-refractivity contribution in [1.82, 2.24) is 0 Å². The van der Waals surface area contributed by atoms with Crippen LogP contribution in [0.4, 0.5) is 0 Å². The molecule has 0 saturated carbocycles. The van der Waals surface area contributed by atoms with Gasteiger partial charge in [-0.15, -0.1) is 0 Å². The number of hydrogen-bond donors (Lipinski definition) is 0. The third kappa shape index (κ3) is 2.21. The number of rotatable bonds is 4. The Morgan fingerprint density at radius 2 is 2.12 bits per heavy atom. The lowest BCUT2D eigenvalue weighted by Gasteiger charge is -2.09. The van der Waals surface area contributed by atoms with Gasteiger partial charge >= 0.3 is 0 Å². The SMILES string of the molecule is CCCC1Oc2ccc(C(C)CC)cc2C1=O. The average Bonchev–Trinajstić information content (AvgIpc) is 2.66. The summed E-state index contributed by atoms with van der Waals surface area (Å²) < 4.78 is 5.68. The summed E-state index contributed by atoms with van der Waals surface area (Å²) in [5.41, 5.74) is 2.02. The number of fused-ring (bicyclic) bond motifs is 1. The Kier molecular flexibility index (Phi) is 3.51. The maximum absolute atomic E-state index is 12.1. The summed E-state index contributed by atoms with van der Waals surface area (Å²) in [6, 6.07) is 6.04. The largest absolute Gasteiger partial charge is 0.482 e. The molecule has 1 aliphatic rings. The van der Waals surface area contributed by atoms with E-state index in [0.717, 1.165) is 30.6 Å². The molecular formula is C15H20O2. The summed E-state index contributed by atoms with van der Waals surface area (Å²) in [6.07, 6.45) is 2.63. The zero-order valence-corrected chi connectivity index (χ0v) is 10.8. The predicted molar refractivity (Wildman–Crippen MR) is 68.8 cm³/mol. The van der Waals surface area contributed by atoms with Crippen LogP contribution >= 0.6 is 0 Å². The normalized spacial score (nSPS) is 19.9. The zero-order valence-electron chi connectivity index (χ0n) is 10.8. The highest BCUT2D eigenvalue weighted by molar-refractivity contribution is 6.04. The van der Waals surface area contributed by atoms with E-state index in [9.17, 15) is 4.79 Å². The van der Waals surface area contributed by atoms with Crippen molar-refractivity contribution in [2.45, 2.75) is 52.1 Å². The lowest BCUT2D eigenvalue weighted by atomic mass is 9.95. The Morgan fingerprint density at radius 1 is 1.35 bits per heavy atom. The van der Waals surface area contributed by atoms with Gasteiger partial charge in [0.1, 0.15) is 5.75 Å². The molecule has 0 saturated heterocycles. The van der Waals surface area contributed by atoms with Crippen molar-refractivity contribution >= 4 is 5.78 Å². The molecule has 1 aliphatic heterocycles. The molecule has 1 aromatic carbocycles. The minimum atomic E-state index is -0.248. The molecule has 0 bridgehead atoms. The third-order valence-electron chi connectivity index (χ3n) is 3.56. The van der Waals surface area contributed by atoms with Crippen LogP contribution in [-0.4, -0.2) is 11.9 Å². The molecule has 0 amide bonds. The number of hydrogen-bond acceptors (Lipinski definition) is 2. The maximum Gasteiger partial charge on any atom is 0.207 e. The second-order valence-corrected chi connectivity index (χ2v) is 4.82. The maximum atomic E-state index is 12.1. The number of benzene rings is 1. The first-order chi connectivity index (χ1) is 8.17. The molecule has 2 nitrogen and oxygen atoms in total. The van der Waals surface area contributed by atoms with E-state index in [1.165, 1.54) is 5.56 Å². The van der Waals surface area contributed by atoms with E-state index in [4.69, 9.17) is 4.74 Å². The van der Waals surface area contributed by atoms with Gasteiger partial charge in [-0.25, -0.2) is 0 Å². The molecule has 0 aromatic heterocycles. The average molecular weight is 232 g/mol. The van der Waals surface area contributed by atoms with Crippen LogP contribution in [0.1, 0.15) is 61.9 Å². The van der Waals surface area contributed by atoms with E-state index in [0.29, 0.717) is 5.92 Å². The predicted octanol–water partition coefficient (Wildman–Crippen LogP) is 3.94. The standard InChI is InChI=1S/C15H20O2/c1-4-6-14-15(16)12-9-11(10(3)5-2)7-8-13(12)17-14/h7-10,14H,4-6H2,1-3H3. The summed E-state index contributed by atoms with van der Waals surface area (Å²) in [5.74, 6) is 1.42. The summed E-state index contributed by atoms with van der Waals surface area (Å²) in [6.45, 7) is 6.42. The second kappa shape index (κ2) is 4.91. The van der Waals surface area contributed by atoms with Gasteiger partial charge in [0.15, 0.2) is 6.10 Å². The van der Waals surface area contributed by atoms with Crippen LogP contribution in [0.5, 0.6) is 5.75 Å². The van der Waals surface area contributed by atoms with Crippen molar-refractivity contribution in [3.05, 3.63) is 29.3 Å². The van der Waals surface area contributed by atoms with Gasteiger partial charge in [0, 0.05) is 0 Å². The highest BCUT2D eigenvalue weighted by Gasteiger charge is 2.31. The van der Waals surface area contributed by atoms with E-state index < -0.39 is 0 Å². The first-order valence-electron chi connectivity index (χ1n) is 6.52. The highest BCUT2D eigenvalue weighted by Crippen LogP contribution is 2.33. The Balaban J connectivity index is 2.27. The first-order valence-corrected chi connectivity index (χ1v) is 6.52. The number of Topliss-reactive ketones (excluding diaryl/α,β-unsaturated/α-hetero) is 1. The van der Waals surface area contributed by atoms with Crippen LogP contribution in [0, 0.1) is 0 Å². The molecule has 1 heterocycles. The molecule has 0 fully saturated rings. The third-order valence-corrected chi connectivity index (χ3v) is 3.56. The van der Waals surface area contributed by atoms with Gasteiger partial charge in [-0.2, -0.15) is 0 Å². The molecule has 0 radical (unpaired) electrons. The fourth-order valence-electron chi connectivity index (χ4n) is 2.22. The van der Waals surface area contributed by atoms with Crippen LogP contribution in [0.3, 0.4) is 0 Å². The Hall–Kier alpha value is -1.31. The van der Waals surface area contributed by atoms with Gasteiger partial charge in [-0.05, 0) is 36.5 Å². The second-order valence-electron chi connectivity index (χ2n) is 4.82. The smallest absolute Gasteiger partial charge is 0.207 e. The van der Waals surface area contributed by atoms with E-state index in [2.05, 4.69) is 26.8 Å². The lowest BCUT2D eigenvalue weighted by molar-refractivity contribution is 0.0845. The van der Waals surface area contributed by atoms with Gasteiger partial charge in [0.25, 0.3) is 0 Å². The topological polar surface area (TPSA) is 26.3 Å². The number of ether oxygens (including phenoxy) is 1.